The number of rotatable bonds is 1. The zero-order valence-corrected chi connectivity index (χ0v) is 11.4. The van der Waals surface area contributed by atoms with Gasteiger partial charge in [0.2, 0.25) is 0 Å². The maximum atomic E-state index is 11.8. The van der Waals surface area contributed by atoms with Crippen LogP contribution in [0, 0.1) is 22.7 Å². The molecule has 1 saturated carbocycles. The Morgan fingerprint density at radius 1 is 1.50 bits per heavy atom. The van der Waals surface area contributed by atoms with Crippen molar-refractivity contribution in [3.05, 3.63) is 11.1 Å². The normalized spacial score (nSPS) is 35.7. The SMILES string of the molecule is CC1=C2C[C@H](C(C)(O)C#N)CC[C@]2(C)CCC1=O. The molecular weight excluding hydrogens is 226 g/mol. The molecule has 1 N–H and O–H groups in total. The van der Waals surface area contributed by atoms with Gasteiger partial charge in [0.05, 0.1) is 6.07 Å². The predicted molar refractivity (Wildman–Crippen MR) is 68.6 cm³/mol. The largest absolute Gasteiger partial charge is 0.375 e. The molecule has 0 aromatic carbocycles. The minimum absolute atomic E-state index is 0.0496. The van der Waals surface area contributed by atoms with E-state index >= 15 is 0 Å². The first-order valence-corrected chi connectivity index (χ1v) is 6.67. The number of Topliss-reactive ketones (excluding diaryl/α,β-unsaturated/α-hetero) is 1. The molecule has 98 valence electrons. The fourth-order valence-electron chi connectivity index (χ4n) is 3.44. The van der Waals surface area contributed by atoms with Gasteiger partial charge in [0.15, 0.2) is 11.4 Å². The lowest BCUT2D eigenvalue weighted by molar-refractivity contribution is -0.117. The average Bonchev–Trinajstić information content (AvgIpc) is 2.34. The van der Waals surface area contributed by atoms with Crippen molar-refractivity contribution in [2.75, 3.05) is 0 Å². The van der Waals surface area contributed by atoms with Gasteiger partial charge in [-0.15, -0.1) is 0 Å². The second-order valence-electron chi connectivity index (χ2n) is 6.29. The van der Waals surface area contributed by atoms with Gasteiger partial charge in [-0.2, -0.15) is 5.26 Å². The molecule has 3 atom stereocenters. The number of hydrogen-bond acceptors (Lipinski definition) is 3. The predicted octanol–water partition coefficient (Wildman–Crippen LogP) is 2.75. The van der Waals surface area contributed by atoms with E-state index in [-0.39, 0.29) is 17.1 Å². The van der Waals surface area contributed by atoms with Gasteiger partial charge < -0.3 is 5.11 Å². The zero-order valence-electron chi connectivity index (χ0n) is 11.4. The summed E-state index contributed by atoms with van der Waals surface area (Å²) in [6, 6.07) is 1.99. The maximum absolute atomic E-state index is 11.8. The summed E-state index contributed by atoms with van der Waals surface area (Å²) in [7, 11) is 0. The van der Waals surface area contributed by atoms with Crippen molar-refractivity contribution in [2.24, 2.45) is 11.3 Å². The minimum Gasteiger partial charge on any atom is -0.375 e. The van der Waals surface area contributed by atoms with Crippen molar-refractivity contribution in [2.45, 2.75) is 58.5 Å². The van der Waals surface area contributed by atoms with Crippen molar-refractivity contribution < 1.29 is 9.90 Å². The van der Waals surface area contributed by atoms with Gasteiger partial charge in [-0.05, 0) is 50.5 Å². The smallest absolute Gasteiger partial charge is 0.158 e. The Kier molecular flexibility index (Phi) is 3.11. The highest BCUT2D eigenvalue weighted by atomic mass is 16.3. The van der Waals surface area contributed by atoms with Crippen LogP contribution in [0.5, 0.6) is 0 Å². The number of nitriles is 1. The maximum Gasteiger partial charge on any atom is 0.158 e. The summed E-state index contributed by atoms with van der Waals surface area (Å²) in [5.74, 6) is 0.186. The van der Waals surface area contributed by atoms with E-state index in [4.69, 9.17) is 5.26 Å². The highest BCUT2D eigenvalue weighted by Crippen LogP contribution is 2.51. The van der Waals surface area contributed by atoms with Crippen LogP contribution in [-0.4, -0.2) is 16.5 Å². The van der Waals surface area contributed by atoms with Gasteiger partial charge in [-0.1, -0.05) is 12.5 Å². The molecule has 2 rings (SSSR count). The first kappa shape index (κ1) is 13.3. The molecule has 0 spiro atoms. The van der Waals surface area contributed by atoms with E-state index in [2.05, 4.69) is 6.92 Å². The molecule has 0 aromatic rings. The number of carbonyl (C=O) groups excluding carboxylic acids is 1. The number of carbonyl (C=O) groups is 1. The van der Waals surface area contributed by atoms with E-state index in [1.807, 2.05) is 13.0 Å². The molecule has 3 heteroatoms. The molecule has 1 unspecified atom stereocenters. The number of nitrogens with zero attached hydrogens (tertiary/aromatic N) is 1. The van der Waals surface area contributed by atoms with E-state index in [9.17, 15) is 9.90 Å². The summed E-state index contributed by atoms with van der Waals surface area (Å²) in [5.41, 5.74) is 0.891. The van der Waals surface area contributed by atoms with E-state index in [0.717, 1.165) is 24.8 Å². The molecule has 3 nitrogen and oxygen atoms in total. The van der Waals surface area contributed by atoms with E-state index in [1.165, 1.54) is 5.57 Å². The second kappa shape index (κ2) is 4.20. The molecule has 0 saturated heterocycles. The van der Waals surface area contributed by atoms with Crippen LogP contribution in [0.1, 0.15) is 52.9 Å². The number of allylic oxidation sites excluding steroid dienone is 2. The van der Waals surface area contributed by atoms with Crippen molar-refractivity contribution in [1.29, 1.82) is 5.26 Å². The lowest BCUT2D eigenvalue weighted by Crippen LogP contribution is -2.41. The third kappa shape index (κ3) is 1.99. The Labute approximate surface area is 108 Å². The van der Waals surface area contributed by atoms with Crippen LogP contribution < -0.4 is 0 Å². The minimum atomic E-state index is -1.28. The van der Waals surface area contributed by atoms with Crippen LogP contribution in [-0.2, 0) is 4.79 Å². The van der Waals surface area contributed by atoms with Crippen LogP contribution in [0.25, 0.3) is 0 Å². The molecule has 18 heavy (non-hydrogen) atoms. The standard InChI is InChI=1S/C15H21NO2/c1-10-12-8-11(15(3,18)9-16)4-6-14(12,2)7-5-13(10)17/h11,18H,4-8H2,1-3H3/t11-,14-,15?/m1/s1. The molecule has 2 aliphatic carbocycles. The van der Waals surface area contributed by atoms with Crippen LogP contribution in [0.15, 0.2) is 11.1 Å². The van der Waals surface area contributed by atoms with Gasteiger partial charge in [-0.3, -0.25) is 4.79 Å². The highest BCUT2D eigenvalue weighted by molar-refractivity contribution is 5.96. The van der Waals surface area contributed by atoms with Crippen molar-refractivity contribution >= 4 is 5.78 Å². The molecular formula is C15H21NO2. The first-order valence-electron chi connectivity index (χ1n) is 6.67. The van der Waals surface area contributed by atoms with Crippen molar-refractivity contribution in [3.63, 3.8) is 0 Å². The van der Waals surface area contributed by atoms with Crippen LogP contribution in [0.4, 0.5) is 0 Å². The number of aliphatic hydroxyl groups is 1. The number of ketones is 1. The van der Waals surface area contributed by atoms with Gasteiger partial charge in [0.1, 0.15) is 0 Å². The van der Waals surface area contributed by atoms with E-state index in [0.29, 0.717) is 12.8 Å². The fourth-order valence-corrected chi connectivity index (χ4v) is 3.44. The number of fused-ring (bicyclic) bond motifs is 1. The average molecular weight is 247 g/mol. The molecule has 0 bridgehead atoms. The lowest BCUT2D eigenvalue weighted by atomic mass is 9.59. The molecule has 1 fully saturated rings. The Morgan fingerprint density at radius 3 is 2.78 bits per heavy atom. The van der Waals surface area contributed by atoms with Gasteiger partial charge in [-0.25, -0.2) is 0 Å². The zero-order chi connectivity index (χ0) is 13.6. The monoisotopic (exact) mass is 247 g/mol. The summed E-state index contributed by atoms with van der Waals surface area (Å²) in [5, 5.41) is 19.1. The summed E-state index contributed by atoms with van der Waals surface area (Å²) in [6.45, 7) is 5.70. The lowest BCUT2D eigenvalue weighted by Gasteiger charge is -2.45. The quantitative estimate of drug-likeness (QED) is 0.725. The Bertz CT molecular complexity index is 456. The molecule has 0 aliphatic heterocycles. The van der Waals surface area contributed by atoms with E-state index in [1.54, 1.807) is 6.92 Å². The highest BCUT2D eigenvalue weighted by Gasteiger charge is 2.45. The molecule has 2 aliphatic rings. The van der Waals surface area contributed by atoms with Crippen molar-refractivity contribution in [1.82, 2.24) is 0 Å². The van der Waals surface area contributed by atoms with Gasteiger partial charge >= 0.3 is 0 Å². The molecule has 0 amide bonds. The van der Waals surface area contributed by atoms with E-state index < -0.39 is 5.60 Å². The van der Waals surface area contributed by atoms with Crippen LogP contribution in [0.3, 0.4) is 0 Å². The molecule has 0 radical (unpaired) electrons. The first-order chi connectivity index (χ1) is 8.30. The third-order valence-corrected chi connectivity index (χ3v) is 5.02. The second-order valence-corrected chi connectivity index (χ2v) is 6.29. The summed E-state index contributed by atoms with van der Waals surface area (Å²) in [6.07, 6.45) is 4.08. The Morgan fingerprint density at radius 2 is 2.17 bits per heavy atom. The van der Waals surface area contributed by atoms with Crippen LogP contribution in [0.2, 0.25) is 0 Å². The summed E-state index contributed by atoms with van der Waals surface area (Å²) in [4.78, 5) is 11.8. The third-order valence-electron chi connectivity index (χ3n) is 5.02. The summed E-state index contributed by atoms with van der Waals surface area (Å²) >= 11 is 0. The summed E-state index contributed by atoms with van der Waals surface area (Å²) < 4.78 is 0. The van der Waals surface area contributed by atoms with Crippen molar-refractivity contribution in [3.8, 4) is 6.07 Å². The Balaban J connectivity index is 2.34. The van der Waals surface area contributed by atoms with Gasteiger partial charge in [0, 0.05) is 12.3 Å². The fraction of sp³-hybridized carbons (Fsp3) is 0.733. The van der Waals surface area contributed by atoms with Gasteiger partial charge in [0.25, 0.3) is 0 Å². The molecule has 0 aromatic heterocycles. The Hall–Kier alpha value is -1.14. The topological polar surface area (TPSA) is 61.1 Å². The number of hydrogen-bond donors (Lipinski definition) is 1. The molecule has 0 heterocycles. The van der Waals surface area contributed by atoms with Crippen LogP contribution >= 0.6 is 0 Å².